The summed E-state index contributed by atoms with van der Waals surface area (Å²) < 4.78 is 0. The Hall–Kier alpha value is -1.11. The van der Waals surface area contributed by atoms with Crippen LogP contribution in [0.4, 0.5) is 0 Å². The fourth-order valence-electron chi connectivity index (χ4n) is 1.11. The second kappa shape index (κ2) is 3.33. The van der Waals surface area contributed by atoms with Crippen LogP contribution in [0.15, 0.2) is 35.5 Å². The average molecular weight is 148 g/mol. The van der Waals surface area contributed by atoms with Gasteiger partial charge in [-0.1, -0.05) is 24.3 Å². The highest BCUT2D eigenvalue weighted by molar-refractivity contribution is 5.74. The van der Waals surface area contributed by atoms with Crippen LogP contribution in [0.5, 0.6) is 0 Å². The molecule has 0 spiro atoms. The van der Waals surface area contributed by atoms with E-state index in [1.165, 1.54) is 5.57 Å². The van der Waals surface area contributed by atoms with E-state index in [1.54, 1.807) is 0 Å². The van der Waals surface area contributed by atoms with Crippen molar-refractivity contribution < 1.29 is 4.79 Å². The van der Waals surface area contributed by atoms with Gasteiger partial charge in [0.25, 0.3) is 0 Å². The molecule has 0 aromatic carbocycles. The van der Waals surface area contributed by atoms with Gasteiger partial charge in [0.2, 0.25) is 0 Å². The van der Waals surface area contributed by atoms with E-state index >= 15 is 0 Å². The van der Waals surface area contributed by atoms with Crippen molar-refractivity contribution in [2.75, 3.05) is 0 Å². The predicted octanol–water partition coefficient (Wildman–Crippen LogP) is 2.41. The Kier molecular flexibility index (Phi) is 2.42. The zero-order chi connectivity index (χ0) is 8.27. The maximum atomic E-state index is 10.3. The van der Waals surface area contributed by atoms with Gasteiger partial charge >= 0.3 is 0 Å². The number of carbonyl (C=O) groups is 1. The molecule has 0 heterocycles. The summed E-state index contributed by atoms with van der Waals surface area (Å²) in [5.74, 6) is 0. The standard InChI is InChI=1S/C10H12O/c1-8(2)10-5-3-9(7-11)4-6-10/h3,5,7H,1,4,6H2,2H3. The monoisotopic (exact) mass is 148 g/mol. The Balaban J connectivity index is 2.76. The van der Waals surface area contributed by atoms with Gasteiger partial charge in [0, 0.05) is 0 Å². The summed E-state index contributed by atoms with van der Waals surface area (Å²) in [6.07, 6.45) is 6.60. The highest BCUT2D eigenvalue weighted by Gasteiger charge is 2.04. The third-order valence-corrected chi connectivity index (χ3v) is 1.88. The molecule has 0 aliphatic heterocycles. The fraction of sp³-hybridized carbons (Fsp3) is 0.300. The molecule has 0 aromatic heterocycles. The van der Waals surface area contributed by atoms with E-state index in [4.69, 9.17) is 0 Å². The van der Waals surface area contributed by atoms with Gasteiger partial charge in [-0.25, -0.2) is 0 Å². The molecule has 1 aliphatic carbocycles. The Morgan fingerprint density at radius 2 is 2.27 bits per heavy atom. The fourth-order valence-corrected chi connectivity index (χ4v) is 1.11. The minimum atomic E-state index is 0.863. The first-order chi connectivity index (χ1) is 5.24. The molecule has 0 N–H and O–H groups in total. The molecule has 0 atom stereocenters. The number of hydrogen-bond acceptors (Lipinski definition) is 1. The van der Waals surface area contributed by atoms with Crippen molar-refractivity contribution in [3.63, 3.8) is 0 Å². The largest absolute Gasteiger partial charge is 0.298 e. The Morgan fingerprint density at radius 3 is 2.64 bits per heavy atom. The molecule has 0 saturated carbocycles. The van der Waals surface area contributed by atoms with Crippen LogP contribution < -0.4 is 0 Å². The third-order valence-electron chi connectivity index (χ3n) is 1.88. The smallest absolute Gasteiger partial charge is 0.146 e. The minimum absolute atomic E-state index is 0.863. The molecule has 0 saturated heterocycles. The summed E-state index contributed by atoms with van der Waals surface area (Å²) in [6.45, 7) is 5.84. The van der Waals surface area contributed by atoms with E-state index in [0.29, 0.717) is 0 Å². The summed E-state index contributed by atoms with van der Waals surface area (Å²) in [5.41, 5.74) is 3.25. The van der Waals surface area contributed by atoms with Crippen molar-refractivity contribution in [2.24, 2.45) is 0 Å². The Labute approximate surface area is 67.1 Å². The molecule has 1 aliphatic rings. The maximum absolute atomic E-state index is 10.3. The quantitative estimate of drug-likeness (QED) is 0.549. The van der Waals surface area contributed by atoms with Crippen molar-refractivity contribution in [1.29, 1.82) is 0 Å². The molecule has 1 nitrogen and oxygen atoms in total. The van der Waals surface area contributed by atoms with E-state index in [2.05, 4.69) is 6.58 Å². The van der Waals surface area contributed by atoms with Crippen LogP contribution in [0.2, 0.25) is 0 Å². The molecule has 0 radical (unpaired) electrons. The summed E-state index contributed by atoms with van der Waals surface area (Å²) in [5, 5.41) is 0. The lowest BCUT2D eigenvalue weighted by molar-refractivity contribution is -0.105. The van der Waals surface area contributed by atoms with Crippen molar-refractivity contribution in [2.45, 2.75) is 19.8 Å². The predicted molar refractivity (Wildman–Crippen MR) is 46.3 cm³/mol. The second-order valence-corrected chi connectivity index (χ2v) is 2.83. The molecule has 1 heteroatoms. The van der Waals surface area contributed by atoms with E-state index in [-0.39, 0.29) is 0 Å². The molecule has 0 unspecified atom stereocenters. The molecule has 0 amide bonds. The van der Waals surface area contributed by atoms with Gasteiger partial charge in [-0.05, 0) is 30.9 Å². The normalized spacial score (nSPS) is 16.8. The van der Waals surface area contributed by atoms with Crippen LogP contribution in [0.3, 0.4) is 0 Å². The molecule has 1 rings (SSSR count). The minimum Gasteiger partial charge on any atom is -0.298 e. The van der Waals surface area contributed by atoms with Gasteiger partial charge < -0.3 is 0 Å². The molecule has 11 heavy (non-hydrogen) atoms. The average Bonchev–Trinajstić information content (AvgIpc) is 2.05. The molecule has 0 aromatic rings. The highest BCUT2D eigenvalue weighted by atomic mass is 16.1. The SMILES string of the molecule is C=C(C)C1=CC=C(C=O)CC1. The highest BCUT2D eigenvalue weighted by Crippen LogP contribution is 2.21. The zero-order valence-corrected chi connectivity index (χ0v) is 6.76. The number of aldehydes is 1. The lowest BCUT2D eigenvalue weighted by Crippen LogP contribution is -1.94. The van der Waals surface area contributed by atoms with E-state index in [9.17, 15) is 4.79 Å². The molecule has 0 fully saturated rings. The molecular weight excluding hydrogens is 136 g/mol. The maximum Gasteiger partial charge on any atom is 0.146 e. The summed E-state index contributed by atoms with van der Waals surface area (Å²) >= 11 is 0. The van der Waals surface area contributed by atoms with Crippen molar-refractivity contribution >= 4 is 6.29 Å². The first-order valence-corrected chi connectivity index (χ1v) is 3.75. The van der Waals surface area contributed by atoms with Crippen LogP contribution in [-0.2, 0) is 4.79 Å². The number of allylic oxidation sites excluding steroid dienone is 5. The first kappa shape index (κ1) is 7.99. The van der Waals surface area contributed by atoms with E-state index < -0.39 is 0 Å². The zero-order valence-electron chi connectivity index (χ0n) is 6.76. The van der Waals surface area contributed by atoms with Gasteiger partial charge in [0.15, 0.2) is 0 Å². The van der Waals surface area contributed by atoms with Crippen molar-refractivity contribution in [3.8, 4) is 0 Å². The van der Waals surface area contributed by atoms with Crippen LogP contribution in [0.1, 0.15) is 19.8 Å². The molecule has 0 bridgehead atoms. The number of hydrogen-bond donors (Lipinski definition) is 0. The van der Waals surface area contributed by atoms with Crippen LogP contribution in [0, 0.1) is 0 Å². The van der Waals surface area contributed by atoms with Gasteiger partial charge in [-0.2, -0.15) is 0 Å². The summed E-state index contributed by atoms with van der Waals surface area (Å²) in [7, 11) is 0. The topological polar surface area (TPSA) is 17.1 Å². The molecular formula is C10H12O. The van der Waals surface area contributed by atoms with Gasteiger partial charge in [0.05, 0.1) is 0 Å². The second-order valence-electron chi connectivity index (χ2n) is 2.83. The van der Waals surface area contributed by atoms with Crippen molar-refractivity contribution in [1.82, 2.24) is 0 Å². The van der Waals surface area contributed by atoms with E-state index in [0.717, 1.165) is 30.3 Å². The Bertz CT molecular complexity index is 244. The number of carbonyl (C=O) groups excluding carboxylic acids is 1. The van der Waals surface area contributed by atoms with Gasteiger partial charge in [-0.15, -0.1) is 0 Å². The van der Waals surface area contributed by atoms with Crippen LogP contribution >= 0.6 is 0 Å². The van der Waals surface area contributed by atoms with E-state index in [1.807, 2.05) is 19.1 Å². The number of rotatable bonds is 2. The summed E-state index contributed by atoms with van der Waals surface area (Å²) in [4.78, 5) is 10.3. The summed E-state index contributed by atoms with van der Waals surface area (Å²) in [6, 6.07) is 0. The lowest BCUT2D eigenvalue weighted by Gasteiger charge is -2.10. The van der Waals surface area contributed by atoms with Crippen molar-refractivity contribution in [3.05, 3.63) is 35.5 Å². The van der Waals surface area contributed by atoms with Gasteiger partial charge in [-0.3, -0.25) is 4.79 Å². The molecule has 58 valence electrons. The third kappa shape index (κ3) is 1.90. The Morgan fingerprint density at radius 1 is 1.55 bits per heavy atom. The van der Waals surface area contributed by atoms with Crippen LogP contribution in [-0.4, -0.2) is 6.29 Å². The lowest BCUT2D eigenvalue weighted by atomic mass is 9.95. The first-order valence-electron chi connectivity index (χ1n) is 3.75. The van der Waals surface area contributed by atoms with Crippen LogP contribution in [0.25, 0.3) is 0 Å². The van der Waals surface area contributed by atoms with Gasteiger partial charge in [0.1, 0.15) is 6.29 Å².